The zero-order valence-electron chi connectivity index (χ0n) is 11.9. The average molecular weight is 355 g/mol. The monoisotopic (exact) mass is 354 g/mol. The van der Waals surface area contributed by atoms with E-state index < -0.39 is 22.0 Å². The van der Waals surface area contributed by atoms with Crippen molar-refractivity contribution >= 4 is 33.3 Å². The number of hydrogen-bond acceptors (Lipinski definition) is 4. The predicted octanol–water partition coefficient (Wildman–Crippen LogP) is 2.10. The Balaban J connectivity index is 2.32. The third kappa shape index (κ3) is 4.44. The highest BCUT2D eigenvalue weighted by Gasteiger charge is 2.21. The number of nitrogens with one attached hydrogen (secondary N) is 1. The van der Waals surface area contributed by atoms with Gasteiger partial charge in [0.05, 0.1) is 4.90 Å². The van der Waals surface area contributed by atoms with E-state index >= 15 is 0 Å². The molecule has 0 radical (unpaired) electrons. The zero-order valence-corrected chi connectivity index (χ0v) is 13.5. The fourth-order valence-electron chi connectivity index (χ4n) is 1.99. The van der Waals surface area contributed by atoms with Crippen LogP contribution in [0.1, 0.15) is 5.56 Å². The number of carboxylic acid groups (broad SMARTS) is 1. The summed E-state index contributed by atoms with van der Waals surface area (Å²) in [5, 5.41) is 9.38. The van der Waals surface area contributed by atoms with Gasteiger partial charge in [-0.2, -0.15) is 0 Å². The van der Waals surface area contributed by atoms with Crippen LogP contribution >= 0.6 is 11.6 Å². The SMILES string of the molecule is N[C@@H](Cc1ccccc1S(=O)(=O)Nc1ccc(Cl)cc1)C(=O)O. The van der Waals surface area contributed by atoms with E-state index in [0.717, 1.165) is 0 Å². The lowest BCUT2D eigenvalue weighted by molar-refractivity contribution is -0.138. The molecule has 1 atom stereocenters. The van der Waals surface area contributed by atoms with Crippen molar-refractivity contribution in [2.45, 2.75) is 17.4 Å². The fourth-order valence-corrected chi connectivity index (χ4v) is 3.42. The highest BCUT2D eigenvalue weighted by Crippen LogP contribution is 2.21. The zero-order chi connectivity index (χ0) is 17.0. The van der Waals surface area contributed by atoms with Crippen LogP contribution in [0.3, 0.4) is 0 Å². The van der Waals surface area contributed by atoms with Gasteiger partial charge in [-0.05, 0) is 42.3 Å². The Labute approximate surface area is 138 Å². The fraction of sp³-hybridized carbons (Fsp3) is 0.133. The van der Waals surface area contributed by atoms with E-state index in [2.05, 4.69) is 4.72 Å². The van der Waals surface area contributed by atoms with Crippen molar-refractivity contribution in [2.24, 2.45) is 5.73 Å². The van der Waals surface area contributed by atoms with Crippen molar-refractivity contribution in [2.75, 3.05) is 4.72 Å². The quantitative estimate of drug-likeness (QED) is 0.735. The topological polar surface area (TPSA) is 109 Å². The van der Waals surface area contributed by atoms with E-state index in [0.29, 0.717) is 16.3 Å². The van der Waals surface area contributed by atoms with Crippen LogP contribution in [0, 0.1) is 0 Å². The van der Waals surface area contributed by atoms with Crippen molar-refractivity contribution in [3.63, 3.8) is 0 Å². The molecule has 8 heteroatoms. The lowest BCUT2D eigenvalue weighted by Gasteiger charge is -2.14. The van der Waals surface area contributed by atoms with Gasteiger partial charge in [0.25, 0.3) is 10.0 Å². The molecule has 0 fully saturated rings. The molecule has 0 aliphatic heterocycles. The minimum atomic E-state index is -3.87. The molecule has 0 spiro atoms. The van der Waals surface area contributed by atoms with Gasteiger partial charge in [-0.15, -0.1) is 0 Å². The smallest absolute Gasteiger partial charge is 0.320 e. The summed E-state index contributed by atoms with van der Waals surface area (Å²) in [4.78, 5) is 10.9. The summed E-state index contributed by atoms with van der Waals surface area (Å²) >= 11 is 5.77. The van der Waals surface area contributed by atoms with Gasteiger partial charge >= 0.3 is 5.97 Å². The number of aliphatic carboxylic acids is 1. The molecule has 0 aliphatic carbocycles. The predicted molar refractivity (Wildman–Crippen MR) is 88.0 cm³/mol. The first-order valence-corrected chi connectivity index (χ1v) is 8.50. The Kier molecular flexibility index (Phi) is 5.25. The Morgan fingerprint density at radius 3 is 2.39 bits per heavy atom. The van der Waals surface area contributed by atoms with Crippen molar-refractivity contribution in [1.29, 1.82) is 0 Å². The number of hydrogen-bond donors (Lipinski definition) is 3. The van der Waals surface area contributed by atoms with Crippen molar-refractivity contribution in [3.8, 4) is 0 Å². The third-order valence-electron chi connectivity index (χ3n) is 3.12. The van der Waals surface area contributed by atoms with Gasteiger partial charge in [0, 0.05) is 10.7 Å². The second-order valence-corrected chi connectivity index (χ2v) is 6.96. The number of sulfonamides is 1. The normalized spacial score (nSPS) is 12.6. The summed E-state index contributed by atoms with van der Waals surface area (Å²) in [6, 6.07) is 11.1. The first-order valence-electron chi connectivity index (χ1n) is 6.64. The highest BCUT2D eigenvalue weighted by molar-refractivity contribution is 7.92. The molecule has 23 heavy (non-hydrogen) atoms. The van der Waals surface area contributed by atoms with Crippen LogP contribution in [0.4, 0.5) is 5.69 Å². The van der Waals surface area contributed by atoms with Crippen molar-refractivity contribution in [1.82, 2.24) is 0 Å². The number of carboxylic acids is 1. The summed E-state index contributed by atoms with van der Waals surface area (Å²) in [6.07, 6.45) is -0.0902. The molecular formula is C15H15ClN2O4S. The Bertz CT molecular complexity index is 806. The highest BCUT2D eigenvalue weighted by atomic mass is 35.5. The number of rotatable bonds is 6. The first-order chi connectivity index (χ1) is 10.8. The molecule has 0 amide bonds. The molecule has 0 aromatic heterocycles. The van der Waals surface area contributed by atoms with E-state index in [9.17, 15) is 13.2 Å². The molecule has 0 bridgehead atoms. The van der Waals surface area contributed by atoms with E-state index in [-0.39, 0.29) is 11.3 Å². The molecule has 6 nitrogen and oxygen atoms in total. The minimum Gasteiger partial charge on any atom is -0.480 e. The summed E-state index contributed by atoms with van der Waals surface area (Å²) < 4.78 is 27.5. The summed E-state index contributed by atoms with van der Waals surface area (Å²) in [5.41, 5.74) is 6.19. The molecule has 0 unspecified atom stereocenters. The number of anilines is 1. The van der Waals surface area contributed by atoms with Gasteiger partial charge in [-0.25, -0.2) is 8.42 Å². The maximum absolute atomic E-state index is 12.5. The second kappa shape index (κ2) is 6.99. The first kappa shape index (κ1) is 17.3. The van der Waals surface area contributed by atoms with E-state index in [4.69, 9.17) is 22.4 Å². The molecule has 2 rings (SSSR count). The Hall–Kier alpha value is -2.09. The molecule has 2 aromatic rings. The molecule has 122 valence electrons. The van der Waals surface area contributed by atoms with E-state index in [1.165, 1.54) is 18.2 Å². The van der Waals surface area contributed by atoms with Gasteiger partial charge in [0.1, 0.15) is 6.04 Å². The number of halogens is 1. The van der Waals surface area contributed by atoms with Crippen LogP contribution in [0.2, 0.25) is 5.02 Å². The van der Waals surface area contributed by atoms with Gasteiger partial charge < -0.3 is 10.8 Å². The van der Waals surface area contributed by atoms with Gasteiger partial charge in [0.15, 0.2) is 0 Å². The van der Waals surface area contributed by atoms with Gasteiger partial charge in [-0.3, -0.25) is 9.52 Å². The van der Waals surface area contributed by atoms with Crippen LogP contribution in [-0.2, 0) is 21.2 Å². The van der Waals surface area contributed by atoms with Crippen LogP contribution in [0.15, 0.2) is 53.4 Å². The van der Waals surface area contributed by atoms with Crippen LogP contribution in [0.25, 0.3) is 0 Å². The molecule has 4 N–H and O–H groups in total. The Morgan fingerprint density at radius 2 is 1.78 bits per heavy atom. The van der Waals surface area contributed by atoms with Crippen LogP contribution in [0.5, 0.6) is 0 Å². The van der Waals surface area contributed by atoms with Crippen molar-refractivity contribution in [3.05, 3.63) is 59.1 Å². The van der Waals surface area contributed by atoms with Crippen LogP contribution in [-0.4, -0.2) is 25.5 Å². The second-order valence-electron chi connectivity index (χ2n) is 4.87. The summed E-state index contributed by atoms with van der Waals surface area (Å²) in [5.74, 6) is -1.19. The number of benzene rings is 2. The van der Waals surface area contributed by atoms with Crippen LogP contribution < -0.4 is 10.5 Å². The van der Waals surface area contributed by atoms with Crippen molar-refractivity contribution < 1.29 is 18.3 Å². The summed E-state index contributed by atoms with van der Waals surface area (Å²) in [6.45, 7) is 0. The average Bonchev–Trinajstić information content (AvgIpc) is 2.49. The van der Waals surface area contributed by atoms with Gasteiger partial charge in [-0.1, -0.05) is 29.8 Å². The minimum absolute atomic E-state index is 0.00773. The standard InChI is InChI=1S/C15H15ClN2O4S/c16-11-5-7-12(8-6-11)18-23(21,22)14-4-2-1-3-10(14)9-13(17)15(19)20/h1-8,13,18H,9,17H2,(H,19,20)/t13-/m0/s1. The number of nitrogens with two attached hydrogens (primary N) is 1. The molecule has 0 saturated carbocycles. The summed E-state index contributed by atoms with van der Waals surface area (Å²) in [7, 11) is -3.87. The largest absolute Gasteiger partial charge is 0.480 e. The molecule has 2 aromatic carbocycles. The third-order valence-corrected chi connectivity index (χ3v) is 4.85. The lowest BCUT2D eigenvalue weighted by Crippen LogP contribution is -2.33. The van der Waals surface area contributed by atoms with E-state index in [1.54, 1.807) is 30.3 Å². The van der Waals surface area contributed by atoms with Gasteiger partial charge in [0.2, 0.25) is 0 Å². The lowest BCUT2D eigenvalue weighted by atomic mass is 10.1. The molecular weight excluding hydrogens is 340 g/mol. The molecule has 0 heterocycles. The van der Waals surface area contributed by atoms with E-state index in [1.807, 2.05) is 0 Å². The Morgan fingerprint density at radius 1 is 1.17 bits per heavy atom. The molecule has 0 aliphatic rings. The maximum atomic E-state index is 12.5. The number of carbonyl (C=O) groups is 1. The molecule has 0 saturated heterocycles. The maximum Gasteiger partial charge on any atom is 0.320 e.